The average Bonchev–Trinajstić information content (AvgIpc) is 2.44. The van der Waals surface area contributed by atoms with E-state index in [0.717, 1.165) is 6.07 Å². The van der Waals surface area contributed by atoms with Crippen LogP contribution in [0.1, 0.15) is 15.9 Å². The minimum atomic E-state index is -1.31. The fourth-order valence-electron chi connectivity index (χ4n) is 1.43. The van der Waals surface area contributed by atoms with Gasteiger partial charge in [0.05, 0.1) is 6.54 Å². The number of benzene rings is 1. The molecule has 1 aliphatic heterocycles. The van der Waals surface area contributed by atoms with Crippen LogP contribution in [0.15, 0.2) is 18.2 Å². The van der Waals surface area contributed by atoms with Gasteiger partial charge in [-0.1, -0.05) is 6.07 Å². The SMILES string of the molecule is O=C(O)N1Cc2ccc(F)cc2C1=O. The predicted octanol–water partition coefficient (Wildman–Crippen LogP) is 1.46. The van der Waals surface area contributed by atoms with E-state index in [1.165, 1.54) is 12.1 Å². The zero-order chi connectivity index (χ0) is 10.3. The zero-order valence-electron chi connectivity index (χ0n) is 7.03. The molecule has 1 aromatic rings. The van der Waals surface area contributed by atoms with Crippen molar-refractivity contribution in [2.45, 2.75) is 6.54 Å². The van der Waals surface area contributed by atoms with Crippen LogP contribution in [0.2, 0.25) is 0 Å². The Bertz CT molecular complexity index is 430. The lowest BCUT2D eigenvalue weighted by molar-refractivity contribution is 0.0763. The fourth-order valence-corrected chi connectivity index (χ4v) is 1.43. The van der Waals surface area contributed by atoms with Crippen molar-refractivity contribution in [2.24, 2.45) is 0 Å². The lowest BCUT2D eigenvalue weighted by Crippen LogP contribution is -2.29. The number of halogens is 1. The van der Waals surface area contributed by atoms with E-state index >= 15 is 0 Å². The molecule has 0 unspecified atom stereocenters. The Hall–Kier alpha value is -1.91. The second-order valence-corrected chi connectivity index (χ2v) is 2.98. The molecule has 72 valence electrons. The lowest BCUT2D eigenvalue weighted by atomic mass is 10.1. The number of carbonyl (C=O) groups is 2. The van der Waals surface area contributed by atoms with Crippen molar-refractivity contribution in [2.75, 3.05) is 0 Å². The van der Waals surface area contributed by atoms with Gasteiger partial charge in [-0.3, -0.25) is 4.79 Å². The number of nitrogens with zero attached hydrogens (tertiary/aromatic N) is 1. The molecular weight excluding hydrogens is 189 g/mol. The number of rotatable bonds is 0. The monoisotopic (exact) mass is 195 g/mol. The Kier molecular flexibility index (Phi) is 1.73. The van der Waals surface area contributed by atoms with Crippen molar-refractivity contribution in [1.82, 2.24) is 4.90 Å². The van der Waals surface area contributed by atoms with Gasteiger partial charge in [0.15, 0.2) is 0 Å². The van der Waals surface area contributed by atoms with E-state index in [9.17, 15) is 14.0 Å². The number of hydrogen-bond donors (Lipinski definition) is 1. The molecule has 14 heavy (non-hydrogen) atoms. The second kappa shape index (κ2) is 2.80. The number of carboxylic acid groups (broad SMARTS) is 1. The van der Waals surface area contributed by atoms with Crippen molar-refractivity contribution >= 4 is 12.0 Å². The molecule has 2 amide bonds. The summed E-state index contributed by atoms with van der Waals surface area (Å²) < 4.78 is 12.7. The molecule has 4 nitrogen and oxygen atoms in total. The summed E-state index contributed by atoms with van der Waals surface area (Å²) in [7, 11) is 0. The normalized spacial score (nSPS) is 14.4. The third-order valence-electron chi connectivity index (χ3n) is 2.11. The maximum Gasteiger partial charge on any atom is 0.414 e. The molecule has 0 saturated heterocycles. The third kappa shape index (κ3) is 1.14. The molecule has 0 radical (unpaired) electrons. The third-order valence-corrected chi connectivity index (χ3v) is 2.11. The summed E-state index contributed by atoms with van der Waals surface area (Å²) in [5.74, 6) is -1.20. The fraction of sp³-hybridized carbons (Fsp3) is 0.111. The highest BCUT2D eigenvalue weighted by Gasteiger charge is 2.31. The number of carbonyl (C=O) groups excluding carboxylic acids is 1. The predicted molar refractivity (Wildman–Crippen MR) is 44.3 cm³/mol. The maximum atomic E-state index is 12.7. The first-order valence-electron chi connectivity index (χ1n) is 3.93. The van der Waals surface area contributed by atoms with Gasteiger partial charge in [0.1, 0.15) is 5.82 Å². The average molecular weight is 195 g/mol. The Balaban J connectivity index is 2.46. The lowest BCUT2D eigenvalue weighted by Gasteiger charge is -2.06. The molecule has 1 aliphatic rings. The van der Waals surface area contributed by atoms with Gasteiger partial charge in [-0.15, -0.1) is 0 Å². The first kappa shape index (κ1) is 8.68. The van der Waals surface area contributed by atoms with E-state index in [1.807, 2.05) is 0 Å². The van der Waals surface area contributed by atoms with Gasteiger partial charge in [0, 0.05) is 5.56 Å². The van der Waals surface area contributed by atoms with Gasteiger partial charge in [-0.05, 0) is 17.7 Å². The van der Waals surface area contributed by atoms with Crippen LogP contribution < -0.4 is 0 Å². The van der Waals surface area contributed by atoms with Crippen molar-refractivity contribution in [3.05, 3.63) is 35.1 Å². The summed E-state index contributed by atoms with van der Waals surface area (Å²) in [4.78, 5) is 22.6. The maximum absolute atomic E-state index is 12.7. The number of imide groups is 1. The molecule has 0 spiro atoms. The summed E-state index contributed by atoms with van der Waals surface area (Å²) in [6.07, 6.45) is -1.31. The van der Waals surface area contributed by atoms with Crippen LogP contribution in [0.25, 0.3) is 0 Å². The van der Waals surface area contributed by atoms with Crippen LogP contribution in [0.4, 0.5) is 9.18 Å². The minimum absolute atomic E-state index is 0.00375. The Labute approximate surface area is 78.6 Å². The van der Waals surface area contributed by atoms with Gasteiger partial charge in [0.25, 0.3) is 5.91 Å². The highest BCUT2D eigenvalue weighted by atomic mass is 19.1. The first-order chi connectivity index (χ1) is 6.59. The van der Waals surface area contributed by atoms with Gasteiger partial charge in [-0.2, -0.15) is 0 Å². The van der Waals surface area contributed by atoms with E-state index in [1.54, 1.807) is 0 Å². The highest BCUT2D eigenvalue weighted by molar-refractivity contribution is 6.05. The Morgan fingerprint density at radius 2 is 2.21 bits per heavy atom. The molecule has 0 atom stereocenters. The van der Waals surface area contributed by atoms with Gasteiger partial charge in [-0.25, -0.2) is 14.1 Å². The van der Waals surface area contributed by atoms with Crippen molar-refractivity contribution < 1.29 is 19.1 Å². The number of fused-ring (bicyclic) bond motifs is 1. The zero-order valence-corrected chi connectivity index (χ0v) is 7.03. The van der Waals surface area contributed by atoms with E-state index < -0.39 is 17.8 Å². The van der Waals surface area contributed by atoms with Gasteiger partial charge < -0.3 is 5.11 Å². The molecule has 0 aliphatic carbocycles. The van der Waals surface area contributed by atoms with Gasteiger partial charge >= 0.3 is 6.09 Å². The molecular formula is C9H6FNO3. The smallest absolute Gasteiger partial charge is 0.414 e. The standard InChI is InChI=1S/C9H6FNO3/c10-6-2-1-5-4-11(9(13)14)8(12)7(5)3-6/h1-3H,4H2,(H,13,14). The van der Waals surface area contributed by atoms with Crippen LogP contribution in [-0.2, 0) is 6.54 Å². The van der Waals surface area contributed by atoms with E-state index in [0.29, 0.717) is 10.5 Å². The van der Waals surface area contributed by atoms with Crippen LogP contribution in [0, 0.1) is 5.82 Å². The van der Waals surface area contributed by atoms with Crippen LogP contribution in [0.3, 0.4) is 0 Å². The number of amides is 2. The Morgan fingerprint density at radius 1 is 1.50 bits per heavy atom. The summed E-state index contributed by atoms with van der Waals surface area (Å²) in [6, 6.07) is 3.68. The molecule has 1 N–H and O–H groups in total. The molecule has 2 rings (SSSR count). The molecule has 0 bridgehead atoms. The summed E-state index contributed by atoms with van der Waals surface area (Å²) in [6.45, 7) is 0.00375. The largest absolute Gasteiger partial charge is 0.465 e. The molecule has 1 heterocycles. The summed E-state index contributed by atoms with van der Waals surface area (Å²) in [5.41, 5.74) is 0.672. The molecule has 0 fully saturated rings. The topological polar surface area (TPSA) is 57.6 Å². The van der Waals surface area contributed by atoms with Crippen molar-refractivity contribution in [1.29, 1.82) is 0 Å². The Morgan fingerprint density at radius 3 is 2.86 bits per heavy atom. The molecule has 5 heteroatoms. The van der Waals surface area contributed by atoms with Crippen molar-refractivity contribution in [3.8, 4) is 0 Å². The molecule has 1 aromatic carbocycles. The van der Waals surface area contributed by atoms with E-state index in [-0.39, 0.29) is 12.1 Å². The molecule has 0 saturated carbocycles. The van der Waals surface area contributed by atoms with Crippen LogP contribution >= 0.6 is 0 Å². The van der Waals surface area contributed by atoms with E-state index in [2.05, 4.69) is 0 Å². The minimum Gasteiger partial charge on any atom is -0.465 e. The van der Waals surface area contributed by atoms with Crippen molar-refractivity contribution in [3.63, 3.8) is 0 Å². The summed E-state index contributed by atoms with van der Waals surface area (Å²) in [5, 5.41) is 8.64. The highest BCUT2D eigenvalue weighted by Crippen LogP contribution is 2.23. The second-order valence-electron chi connectivity index (χ2n) is 2.98. The van der Waals surface area contributed by atoms with Crippen LogP contribution in [0.5, 0.6) is 0 Å². The van der Waals surface area contributed by atoms with Gasteiger partial charge in [0.2, 0.25) is 0 Å². The van der Waals surface area contributed by atoms with Crippen LogP contribution in [-0.4, -0.2) is 22.0 Å². The van der Waals surface area contributed by atoms with E-state index in [4.69, 9.17) is 5.11 Å². The summed E-state index contributed by atoms with van der Waals surface area (Å²) >= 11 is 0. The first-order valence-corrected chi connectivity index (χ1v) is 3.93. The number of hydrogen-bond acceptors (Lipinski definition) is 2. The molecule has 0 aromatic heterocycles. The quantitative estimate of drug-likeness (QED) is 0.681.